The Morgan fingerprint density at radius 3 is 2.44 bits per heavy atom. The molecule has 0 aliphatic carbocycles. The van der Waals surface area contributed by atoms with Crippen molar-refractivity contribution in [2.45, 2.75) is 19.9 Å². The van der Waals surface area contributed by atoms with Gasteiger partial charge in [0.1, 0.15) is 5.82 Å². The number of halogens is 1. The van der Waals surface area contributed by atoms with Crippen molar-refractivity contribution in [3.63, 3.8) is 0 Å². The quantitative estimate of drug-likeness (QED) is 0.868. The molecule has 0 aliphatic heterocycles. The molecule has 0 spiro atoms. The van der Waals surface area contributed by atoms with E-state index in [1.54, 1.807) is 0 Å². The standard InChI is InChI=1S/C12H14ClN3/c1-8(2)16-11(7-12(14)15-16)9-3-5-10(13)6-4-9/h3-8H,1-2H3,(H2,14,15). The zero-order valence-corrected chi connectivity index (χ0v) is 10.1. The van der Waals surface area contributed by atoms with Crippen LogP contribution in [0.4, 0.5) is 5.82 Å². The van der Waals surface area contributed by atoms with Crippen molar-refractivity contribution in [1.82, 2.24) is 9.78 Å². The molecule has 2 N–H and O–H groups in total. The highest BCUT2D eigenvalue weighted by atomic mass is 35.5. The lowest BCUT2D eigenvalue weighted by atomic mass is 10.1. The smallest absolute Gasteiger partial charge is 0.146 e. The molecule has 1 aromatic carbocycles. The summed E-state index contributed by atoms with van der Waals surface area (Å²) in [5.41, 5.74) is 7.82. The van der Waals surface area contributed by atoms with E-state index >= 15 is 0 Å². The predicted molar refractivity (Wildman–Crippen MR) is 67.5 cm³/mol. The summed E-state index contributed by atoms with van der Waals surface area (Å²) in [5.74, 6) is 0.540. The molecule has 16 heavy (non-hydrogen) atoms. The molecule has 0 fully saturated rings. The SMILES string of the molecule is CC(C)n1nc(N)cc1-c1ccc(Cl)cc1. The molecule has 0 unspecified atom stereocenters. The maximum Gasteiger partial charge on any atom is 0.146 e. The van der Waals surface area contributed by atoms with Crippen LogP contribution in [0.2, 0.25) is 5.02 Å². The summed E-state index contributed by atoms with van der Waals surface area (Å²) in [7, 11) is 0. The minimum absolute atomic E-state index is 0.281. The first-order valence-corrected chi connectivity index (χ1v) is 5.56. The monoisotopic (exact) mass is 235 g/mol. The van der Waals surface area contributed by atoms with Gasteiger partial charge in [-0.1, -0.05) is 23.7 Å². The van der Waals surface area contributed by atoms with Crippen LogP contribution in [0.25, 0.3) is 11.3 Å². The Hall–Kier alpha value is -1.48. The average molecular weight is 236 g/mol. The van der Waals surface area contributed by atoms with Crippen LogP contribution in [-0.2, 0) is 0 Å². The second kappa shape index (κ2) is 4.18. The van der Waals surface area contributed by atoms with Crippen LogP contribution in [0, 0.1) is 0 Å². The van der Waals surface area contributed by atoms with E-state index in [0.717, 1.165) is 16.3 Å². The molecular weight excluding hydrogens is 222 g/mol. The fraction of sp³-hybridized carbons (Fsp3) is 0.250. The van der Waals surface area contributed by atoms with Crippen LogP contribution in [0.15, 0.2) is 30.3 Å². The van der Waals surface area contributed by atoms with Gasteiger partial charge in [0, 0.05) is 17.1 Å². The van der Waals surface area contributed by atoms with Crippen molar-refractivity contribution in [3.8, 4) is 11.3 Å². The van der Waals surface area contributed by atoms with Crippen molar-refractivity contribution in [2.24, 2.45) is 0 Å². The molecule has 0 amide bonds. The van der Waals surface area contributed by atoms with Gasteiger partial charge in [0.2, 0.25) is 0 Å². The minimum atomic E-state index is 0.281. The third-order valence-electron chi connectivity index (χ3n) is 2.38. The fourth-order valence-electron chi connectivity index (χ4n) is 1.64. The Labute approximate surface area is 99.8 Å². The summed E-state index contributed by atoms with van der Waals surface area (Å²) < 4.78 is 1.92. The van der Waals surface area contributed by atoms with Gasteiger partial charge in [0.25, 0.3) is 0 Å². The Morgan fingerprint density at radius 2 is 1.88 bits per heavy atom. The number of nitrogens with zero attached hydrogens (tertiary/aromatic N) is 2. The highest BCUT2D eigenvalue weighted by Gasteiger charge is 2.10. The molecule has 4 heteroatoms. The van der Waals surface area contributed by atoms with Crippen LogP contribution in [0.5, 0.6) is 0 Å². The van der Waals surface area contributed by atoms with Gasteiger partial charge in [-0.2, -0.15) is 5.10 Å². The number of hydrogen-bond acceptors (Lipinski definition) is 2. The minimum Gasteiger partial charge on any atom is -0.382 e. The molecular formula is C12H14ClN3. The van der Waals surface area contributed by atoms with E-state index in [0.29, 0.717) is 5.82 Å². The number of aromatic nitrogens is 2. The van der Waals surface area contributed by atoms with Crippen molar-refractivity contribution in [1.29, 1.82) is 0 Å². The van der Waals surface area contributed by atoms with Gasteiger partial charge >= 0.3 is 0 Å². The van der Waals surface area contributed by atoms with Gasteiger partial charge in [0.15, 0.2) is 0 Å². The topological polar surface area (TPSA) is 43.8 Å². The lowest BCUT2D eigenvalue weighted by Crippen LogP contribution is -2.05. The summed E-state index contributed by atoms with van der Waals surface area (Å²) >= 11 is 5.86. The highest BCUT2D eigenvalue weighted by molar-refractivity contribution is 6.30. The van der Waals surface area contributed by atoms with E-state index in [-0.39, 0.29) is 6.04 Å². The second-order valence-electron chi connectivity index (χ2n) is 4.00. The molecule has 0 aliphatic rings. The van der Waals surface area contributed by atoms with Crippen molar-refractivity contribution in [2.75, 3.05) is 5.73 Å². The van der Waals surface area contributed by atoms with Gasteiger partial charge in [-0.15, -0.1) is 0 Å². The normalized spacial score (nSPS) is 11.0. The molecule has 1 aromatic heterocycles. The average Bonchev–Trinajstić information content (AvgIpc) is 2.61. The molecule has 0 saturated carbocycles. The van der Waals surface area contributed by atoms with Gasteiger partial charge in [-0.05, 0) is 31.5 Å². The van der Waals surface area contributed by atoms with Crippen molar-refractivity contribution in [3.05, 3.63) is 35.4 Å². The number of nitrogen functional groups attached to an aromatic ring is 1. The van der Waals surface area contributed by atoms with Gasteiger partial charge in [-0.25, -0.2) is 0 Å². The number of benzene rings is 1. The number of hydrogen-bond donors (Lipinski definition) is 1. The molecule has 0 bridgehead atoms. The van der Waals surface area contributed by atoms with E-state index < -0.39 is 0 Å². The number of rotatable bonds is 2. The van der Waals surface area contributed by atoms with E-state index in [4.69, 9.17) is 17.3 Å². The zero-order valence-electron chi connectivity index (χ0n) is 9.31. The Kier molecular flexibility index (Phi) is 2.88. The molecule has 0 atom stereocenters. The summed E-state index contributed by atoms with van der Waals surface area (Å²) in [4.78, 5) is 0. The first-order chi connectivity index (χ1) is 7.58. The summed E-state index contributed by atoms with van der Waals surface area (Å²) in [6, 6.07) is 9.83. The molecule has 0 radical (unpaired) electrons. The molecule has 2 aromatic rings. The van der Waals surface area contributed by atoms with Crippen LogP contribution in [0.1, 0.15) is 19.9 Å². The molecule has 0 saturated heterocycles. The van der Waals surface area contributed by atoms with Crippen LogP contribution >= 0.6 is 11.6 Å². The molecule has 3 nitrogen and oxygen atoms in total. The van der Waals surface area contributed by atoms with Crippen LogP contribution in [-0.4, -0.2) is 9.78 Å². The first-order valence-electron chi connectivity index (χ1n) is 5.19. The molecule has 1 heterocycles. The van der Waals surface area contributed by atoms with E-state index in [1.165, 1.54) is 0 Å². The lowest BCUT2D eigenvalue weighted by Gasteiger charge is -2.10. The third kappa shape index (κ3) is 2.04. The maximum absolute atomic E-state index is 5.86. The Morgan fingerprint density at radius 1 is 1.25 bits per heavy atom. The summed E-state index contributed by atoms with van der Waals surface area (Å²) in [6.45, 7) is 4.15. The zero-order chi connectivity index (χ0) is 11.7. The Balaban J connectivity index is 2.50. The fourth-order valence-corrected chi connectivity index (χ4v) is 1.77. The predicted octanol–water partition coefficient (Wildman–Crippen LogP) is 3.37. The lowest BCUT2D eigenvalue weighted by molar-refractivity contribution is 0.540. The van der Waals surface area contributed by atoms with Crippen molar-refractivity contribution < 1.29 is 0 Å². The first kappa shape index (κ1) is 11.0. The van der Waals surface area contributed by atoms with E-state index in [2.05, 4.69) is 18.9 Å². The highest BCUT2D eigenvalue weighted by Crippen LogP contribution is 2.25. The van der Waals surface area contributed by atoms with E-state index in [9.17, 15) is 0 Å². The van der Waals surface area contributed by atoms with E-state index in [1.807, 2.05) is 35.0 Å². The van der Waals surface area contributed by atoms with Crippen LogP contribution < -0.4 is 5.73 Å². The van der Waals surface area contributed by atoms with Crippen LogP contribution in [0.3, 0.4) is 0 Å². The third-order valence-corrected chi connectivity index (χ3v) is 2.64. The van der Waals surface area contributed by atoms with Gasteiger partial charge < -0.3 is 5.73 Å². The summed E-state index contributed by atoms with van der Waals surface area (Å²) in [6.07, 6.45) is 0. The van der Waals surface area contributed by atoms with Gasteiger partial charge in [-0.3, -0.25) is 4.68 Å². The maximum atomic E-state index is 5.86. The molecule has 2 rings (SSSR count). The second-order valence-corrected chi connectivity index (χ2v) is 4.44. The Bertz CT molecular complexity index is 485. The van der Waals surface area contributed by atoms with Crippen molar-refractivity contribution >= 4 is 17.4 Å². The number of nitrogens with two attached hydrogens (primary N) is 1. The van der Waals surface area contributed by atoms with Gasteiger partial charge in [0.05, 0.1) is 5.69 Å². The number of anilines is 1. The largest absolute Gasteiger partial charge is 0.382 e. The summed E-state index contributed by atoms with van der Waals surface area (Å²) in [5, 5.41) is 5.00. The molecule has 84 valence electrons.